The van der Waals surface area contributed by atoms with Crippen LogP contribution in [0.1, 0.15) is 23.2 Å². The molecule has 17 heavy (non-hydrogen) atoms. The number of hydrogen-bond acceptors (Lipinski definition) is 3. The summed E-state index contributed by atoms with van der Waals surface area (Å²) in [5.41, 5.74) is 0.568. The first-order chi connectivity index (χ1) is 8.16. The number of hydrogen-bond donors (Lipinski definition) is 1. The lowest BCUT2D eigenvalue weighted by Gasteiger charge is -2.28. The fourth-order valence-electron chi connectivity index (χ4n) is 2.05. The van der Waals surface area contributed by atoms with Crippen LogP contribution in [0.2, 0.25) is 0 Å². The molecule has 0 bridgehead atoms. The molecule has 0 radical (unpaired) electrons. The maximum atomic E-state index is 11.8. The smallest absolute Gasteiger partial charge is 0.255 e. The molecule has 1 aliphatic rings. The van der Waals surface area contributed by atoms with Crippen LogP contribution in [0.25, 0.3) is 0 Å². The van der Waals surface area contributed by atoms with Gasteiger partial charge in [-0.2, -0.15) is 0 Å². The molecule has 0 unspecified atom stereocenters. The molecule has 0 aromatic carbocycles. The van der Waals surface area contributed by atoms with Gasteiger partial charge in [0.1, 0.15) is 0 Å². The van der Waals surface area contributed by atoms with Crippen LogP contribution in [-0.2, 0) is 0 Å². The van der Waals surface area contributed by atoms with E-state index >= 15 is 0 Å². The zero-order valence-electron chi connectivity index (χ0n) is 9.91. The first-order valence-corrected chi connectivity index (χ1v) is 6.66. The van der Waals surface area contributed by atoms with Gasteiger partial charge in [-0.15, -0.1) is 0 Å². The van der Waals surface area contributed by atoms with E-state index < -0.39 is 0 Å². The second-order valence-corrected chi connectivity index (χ2v) is 5.28. The van der Waals surface area contributed by atoms with Gasteiger partial charge in [-0.05, 0) is 60.9 Å². The van der Waals surface area contributed by atoms with Gasteiger partial charge in [0.05, 0.1) is 11.8 Å². The Bertz CT molecular complexity index is 384. The minimum Gasteiger partial charge on any atom is -0.457 e. The van der Waals surface area contributed by atoms with Crippen LogP contribution in [0.4, 0.5) is 0 Å². The Balaban J connectivity index is 1.79. The van der Waals surface area contributed by atoms with Crippen molar-refractivity contribution < 1.29 is 9.21 Å². The van der Waals surface area contributed by atoms with Crippen LogP contribution in [0, 0.1) is 5.92 Å². The summed E-state index contributed by atoms with van der Waals surface area (Å²) in [6, 6.07) is 1.67. The molecular formula is C12H17BrN2O2. The Morgan fingerprint density at radius 3 is 2.88 bits per heavy atom. The van der Waals surface area contributed by atoms with Gasteiger partial charge in [0, 0.05) is 6.54 Å². The third-order valence-corrected chi connectivity index (χ3v) is 3.87. The molecule has 1 fully saturated rings. The minimum atomic E-state index is -0.0652. The highest BCUT2D eigenvalue weighted by atomic mass is 79.9. The van der Waals surface area contributed by atoms with Crippen molar-refractivity contribution >= 4 is 21.8 Å². The first-order valence-electron chi connectivity index (χ1n) is 5.86. The van der Waals surface area contributed by atoms with Gasteiger partial charge in [0.15, 0.2) is 4.67 Å². The summed E-state index contributed by atoms with van der Waals surface area (Å²) in [7, 11) is 2.14. The quantitative estimate of drug-likeness (QED) is 0.930. The maximum Gasteiger partial charge on any atom is 0.255 e. The lowest BCUT2D eigenvalue weighted by molar-refractivity contribution is 0.0937. The fraction of sp³-hybridized carbons (Fsp3) is 0.583. The van der Waals surface area contributed by atoms with E-state index in [1.54, 1.807) is 6.07 Å². The van der Waals surface area contributed by atoms with Crippen LogP contribution in [0.3, 0.4) is 0 Å². The molecule has 4 nitrogen and oxygen atoms in total. The zero-order valence-corrected chi connectivity index (χ0v) is 11.5. The third-order valence-electron chi connectivity index (χ3n) is 3.25. The molecule has 94 valence electrons. The highest BCUT2D eigenvalue weighted by molar-refractivity contribution is 9.10. The van der Waals surface area contributed by atoms with Gasteiger partial charge in [-0.25, -0.2) is 0 Å². The Kier molecular flexibility index (Phi) is 4.23. The highest BCUT2D eigenvalue weighted by Gasteiger charge is 2.18. The lowest BCUT2D eigenvalue weighted by Crippen LogP contribution is -2.36. The monoisotopic (exact) mass is 300 g/mol. The number of likely N-dealkylation sites (tertiary alicyclic amines) is 1. The number of nitrogens with one attached hydrogen (secondary N) is 1. The van der Waals surface area contributed by atoms with Crippen LogP contribution < -0.4 is 5.32 Å². The average molecular weight is 301 g/mol. The number of amides is 1. The van der Waals surface area contributed by atoms with Crippen molar-refractivity contribution in [3.63, 3.8) is 0 Å². The van der Waals surface area contributed by atoms with Gasteiger partial charge < -0.3 is 14.6 Å². The molecule has 2 heterocycles. The average Bonchev–Trinajstić information content (AvgIpc) is 2.74. The number of rotatable bonds is 3. The second-order valence-electron chi connectivity index (χ2n) is 4.56. The molecular weight excluding hydrogens is 284 g/mol. The van der Waals surface area contributed by atoms with E-state index in [0.29, 0.717) is 16.2 Å². The number of furan rings is 1. The normalized spacial score (nSPS) is 18.2. The summed E-state index contributed by atoms with van der Waals surface area (Å²) in [5.74, 6) is 0.533. The summed E-state index contributed by atoms with van der Waals surface area (Å²) in [4.78, 5) is 14.1. The maximum absolute atomic E-state index is 11.8. The molecule has 1 aromatic rings. The van der Waals surface area contributed by atoms with Gasteiger partial charge in [-0.1, -0.05) is 0 Å². The predicted octanol–water partition coefficient (Wildman–Crippen LogP) is 2.11. The van der Waals surface area contributed by atoms with Crippen molar-refractivity contribution in [1.82, 2.24) is 10.2 Å². The third kappa shape index (κ3) is 3.33. The van der Waals surface area contributed by atoms with E-state index in [2.05, 4.69) is 33.2 Å². The Morgan fingerprint density at radius 1 is 1.59 bits per heavy atom. The summed E-state index contributed by atoms with van der Waals surface area (Å²) in [5, 5.41) is 2.96. The topological polar surface area (TPSA) is 45.5 Å². The Hall–Kier alpha value is -0.810. The van der Waals surface area contributed by atoms with Crippen molar-refractivity contribution in [3.8, 4) is 0 Å². The number of nitrogens with zero attached hydrogens (tertiary/aromatic N) is 1. The van der Waals surface area contributed by atoms with Crippen molar-refractivity contribution in [2.24, 2.45) is 5.92 Å². The van der Waals surface area contributed by atoms with E-state index in [9.17, 15) is 4.79 Å². The molecule has 5 heteroatoms. The van der Waals surface area contributed by atoms with Crippen molar-refractivity contribution in [1.29, 1.82) is 0 Å². The predicted molar refractivity (Wildman–Crippen MR) is 69.0 cm³/mol. The number of piperidine rings is 1. The van der Waals surface area contributed by atoms with Crippen molar-refractivity contribution in [2.45, 2.75) is 12.8 Å². The summed E-state index contributed by atoms with van der Waals surface area (Å²) in [6.07, 6.45) is 3.82. The molecule has 1 aromatic heterocycles. The molecule has 1 N–H and O–H groups in total. The summed E-state index contributed by atoms with van der Waals surface area (Å²) < 4.78 is 5.54. The van der Waals surface area contributed by atoms with E-state index in [0.717, 1.165) is 32.5 Å². The molecule has 0 spiro atoms. The number of carbonyl (C=O) groups excluding carboxylic acids is 1. The molecule has 0 saturated carbocycles. The van der Waals surface area contributed by atoms with Crippen LogP contribution in [0.5, 0.6) is 0 Å². The molecule has 2 rings (SSSR count). The van der Waals surface area contributed by atoms with E-state index in [1.165, 1.54) is 6.26 Å². The van der Waals surface area contributed by atoms with E-state index in [1.807, 2.05) is 0 Å². The summed E-state index contributed by atoms with van der Waals surface area (Å²) >= 11 is 3.21. The summed E-state index contributed by atoms with van der Waals surface area (Å²) in [6.45, 7) is 3.00. The Labute approximate surface area is 109 Å². The minimum absolute atomic E-state index is 0.0652. The molecule has 1 amide bonds. The standard InChI is InChI=1S/C12H17BrN2O2/c1-15-5-2-9(3-6-15)8-14-12(16)10-4-7-17-11(10)13/h4,7,9H,2-3,5-6,8H2,1H3,(H,14,16). The second kappa shape index (κ2) is 5.69. The molecule has 1 aliphatic heterocycles. The first kappa shape index (κ1) is 12.6. The van der Waals surface area contributed by atoms with E-state index in [-0.39, 0.29) is 5.91 Å². The molecule has 1 saturated heterocycles. The van der Waals surface area contributed by atoms with Crippen LogP contribution in [0.15, 0.2) is 21.4 Å². The SMILES string of the molecule is CN1CCC(CNC(=O)c2ccoc2Br)CC1. The fourth-order valence-corrected chi connectivity index (χ4v) is 2.47. The highest BCUT2D eigenvalue weighted by Crippen LogP contribution is 2.18. The van der Waals surface area contributed by atoms with Crippen molar-refractivity contribution in [2.75, 3.05) is 26.7 Å². The number of carbonyl (C=O) groups is 1. The van der Waals surface area contributed by atoms with Gasteiger partial charge in [0.25, 0.3) is 5.91 Å². The molecule has 0 aliphatic carbocycles. The van der Waals surface area contributed by atoms with Crippen LogP contribution >= 0.6 is 15.9 Å². The zero-order chi connectivity index (χ0) is 12.3. The van der Waals surface area contributed by atoms with Gasteiger partial charge in [0.2, 0.25) is 0 Å². The van der Waals surface area contributed by atoms with Crippen molar-refractivity contribution in [3.05, 3.63) is 22.6 Å². The van der Waals surface area contributed by atoms with E-state index in [4.69, 9.17) is 4.42 Å². The Morgan fingerprint density at radius 2 is 2.29 bits per heavy atom. The van der Waals surface area contributed by atoms with Gasteiger partial charge in [-0.3, -0.25) is 4.79 Å². The number of halogens is 1. The van der Waals surface area contributed by atoms with Gasteiger partial charge >= 0.3 is 0 Å². The molecule has 0 atom stereocenters. The lowest BCUT2D eigenvalue weighted by atomic mass is 9.97. The van der Waals surface area contributed by atoms with Crippen LogP contribution in [-0.4, -0.2) is 37.5 Å². The largest absolute Gasteiger partial charge is 0.457 e.